The molecule has 100 valence electrons. The molecule has 0 N–H and O–H groups in total. The molecule has 0 aliphatic carbocycles. The number of ketones is 1. The minimum Gasteiger partial charge on any atom is -0.290 e. The van der Waals surface area contributed by atoms with Gasteiger partial charge < -0.3 is 0 Å². The van der Waals surface area contributed by atoms with Gasteiger partial charge in [-0.25, -0.2) is 0 Å². The van der Waals surface area contributed by atoms with E-state index < -0.39 is 18.4 Å². The lowest BCUT2D eigenvalue weighted by Crippen LogP contribution is -2.22. The molecule has 0 heterocycles. The lowest BCUT2D eigenvalue weighted by molar-refractivity contribution is -0.171. The molecule has 0 aliphatic heterocycles. The molecule has 5 heteroatoms. The Balaban J connectivity index is 2.18. The molecule has 0 fully saturated rings. The van der Waals surface area contributed by atoms with Crippen LogP contribution in [-0.2, 0) is 4.79 Å². The summed E-state index contributed by atoms with van der Waals surface area (Å²) < 4.78 is 35.7. The first kappa shape index (κ1) is 15.1. The Morgan fingerprint density at radius 2 is 2.00 bits per heavy atom. The average molecular weight is 276 g/mol. The summed E-state index contributed by atoms with van der Waals surface area (Å²) in [6.45, 7) is 1.99. The van der Waals surface area contributed by atoms with Crippen LogP contribution in [0.2, 0.25) is 0 Å². The molecule has 1 nitrogen and oxygen atoms in total. The van der Waals surface area contributed by atoms with Crippen LogP contribution in [0, 0.1) is 6.92 Å². The van der Waals surface area contributed by atoms with E-state index in [4.69, 9.17) is 0 Å². The molecule has 0 aromatic heterocycles. The minimum atomic E-state index is -4.68. The Kier molecular flexibility index (Phi) is 5.72. The van der Waals surface area contributed by atoms with Crippen molar-refractivity contribution in [1.82, 2.24) is 0 Å². The number of hydrogen-bond donors (Lipinski definition) is 0. The topological polar surface area (TPSA) is 17.1 Å². The number of unbranched alkanes of at least 4 members (excludes halogenated alkanes) is 1. The van der Waals surface area contributed by atoms with Crippen LogP contribution in [0.1, 0.15) is 24.8 Å². The van der Waals surface area contributed by atoms with Crippen LogP contribution < -0.4 is 0 Å². The molecular weight excluding hydrogens is 261 g/mol. The van der Waals surface area contributed by atoms with Gasteiger partial charge in [-0.05, 0) is 37.7 Å². The number of aryl methyl sites for hydroxylation is 1. The minimum absolute atomic E-state index is 0.289. The lowest BCUT2D eigenvalue weighted by Gasteiger charge is -2.05. The van der Waals surface area contributed by atoms with Crippen molar-refractivity contribution in [2.24, 2.45) is 0 Å². The highest BCUT2D eigenvalue weighted by molar-refractivity contribution is 7.99. The first-order valence-electron chi connectivity index (χ1n) is 5.69. The molecule has 0 bridgehead atoms. The second-order valence-corrected chi connectivity index (χ2v) is 5.21. The van der Waals surface area contributed by atoms with Crippen LogP contribution in [0.15, 0.2) is 29.2 Å². The SMILES string of the molecule is Cc1cccc(SCCCCC(=O)C(F)(F)F)c1. The molecule has 1 aromatic rings. The molecular formula is C13H15F3OS. The number of carbonyl (C=O) groups is 1. The van der Waals surface area contributed by atoms with Crippen LogP contribution in [0.4, 0.5) is 13.2 Å². The molecule has 0 saturated carbocycles. The van der Waals surface area contributed by atoms with Gasteiger partial charge in [0.2, 0.25) is 5.78 Å². The van der Waals surface area contributed by atoms with Gasteiger partial charge >= 0.3 is 6.18 Å². The van der Waals surface area contributed by atoms with E-state index >= 15 is 0 Å². The van der Waals surface area contributed by atoms with E-state index in [-0.39, 0.29) is 6.42 Å². The molecule has 1 rings (SSSR count). The summed E-state index contributed by atoms with van der Waals surface area (Å²) in [4.78, 5) is 11.7. The van der Waals surface area contributed by atoms with E-state index in [0.29, 0.717) is 6.42 Å². The third-order valence-corrected chi connectivity index (χ3v) is 3.45. The van der Waals surface area contributed by atoms with Gasteiger partial charge in [0.05, 0.1) is 0 Å². The van der Waals surface area contributed by atoms with E-state index in [0.717, 1.165) is 16.2 Å². The van der Waals surface area contributed by atoms with Crippen molar-refractivity contribution in [3.63, 3.8) is 0 Å². The van der Waals surface area contributed by atoms with Crippen molar-refractivity contribution >= 4 is 17.5 Å². The largest absolute Gasteiger partial charge is 0.449 e. The number of rotatable bonds is 6. The second-order valence-electron chi connectivity index (χ2n) is 4.04. The summed E-state index contributed by atoms with van der Waals surface area (Å²) in [5, 5.41) is 0. The first-order chi connectivity index (χ1) is 8.39. The van der Waals surface area contributed by atoms with E-state index in [1.165, 1.54) is 0 Å². The molecule has 0 atom stereocenters. The quantitative estimate of drug-likeness (QED) is 0.566. The van der Waals surface area contributed by atoms with Gasteiger partial charge in [0.15, 0.2) is 0 Å². The summed E-state index contributed by atoms with van der Waals surface area (Å²) in [7, 11) is 0. The maximum absolute atomic E-state index is 11.9. The van der Waals surface area contributed by atoms with E-state index in [9.17, 15) is 18.0 Å². The molecule has 0 saturated heterocycles. The van der Waals surface area contributed by atoms with Gasteiger partial charge in [0.1, 0.15) is 0 Å². The van der Waals surface area contributed by atoms with Crippen LogP contribution in [0.25, 0.3) is 0 Å². The zero-order valence-electron chi connectivity index (χ0n) is 10.1. The Hall–Kier alpha value is -0.970. The summed E-state index contributed by atoms with van der Waals surface area (Å²) in [6, 6.07) is 7.95. The zero-order valence-corrected chi connectivity index (χ0v) is 10.9. The standard InChI is InChI=1S/C13H15F3OS/c1-10-5-4-6-11(9-10)18-8-3-2-7-12(17)13(14,15)16/h4-6,9H,2-3,7-8H2,1H3. The Labute approximate surface area is 109 Å². The number of halogens is 3. The van der Waals surface area contributed by atoms with E-state index in [2.05, 4.69) is 0 Å². The van der Waals surface area contributed by atoms with Gasteiger partial charge in [-0.2, -0.15) is 13.2 Å². The number of benzene rings is 1. The monoisotopic (exact) mass is 276 g/mol. The molecule has 0 spiro atoms. The van der Waals surface area contributed by atoms with E-state index in [1.807, 2.05) is 31.2 Å². The zero-order chi connectivity index (χ0) is 13.6. The Morgan fingerprint density at radius 1 is 1.28 bits per heavy atom. The average Bonchev–Trinajstić information content (AvgIpc) is 2.27. The number of hydrogen-bond acceptors (Lipinski definition) is 2. The predicted octanol–water partition coefficient (Wildman–Crippen LogP) is 4.39. The fourth-order valence-corrected chi connectivity index (χ4v) is 2.45. The van der Waals surface area contributed by atoms with E-state index in [1.54, 1.807) is 11.8 Å². The molecule has 0 unspecified atom stereocenters. The predicted molar refractivity (Wildman–Crippen MR) is 66.8 cm³/mol. The maximum atomic E-state index is 11.9. The Morgan fingerprint density at radius 3 is 2.61 bits per heavy atom. The summed E-state index contributed by atoms with van der Waals surface area (Å²) >= 11 is 1.60. The fourth-order valence-electron chi connectivity index (χ4n) is 1.42. The van der Waals surface area contributed by atoms with Crippen molar-refractivity contribution in [3.8, 4) is 0 Å². The smallest absolute Gasteiger partial charge is 0.290 e. The first-order valence-corrected chi connectivity index (χ1v) is 6.67. The number of Topliss-reactive ketones (excluding diaryl/α,β-unsaturated/α-hetero) is 1. The highest BCUT2D eigenvalue weighted by atomic mass is 32.2. The van der Waals surface area contributed by atoms with Crippen LogP contribution in [0.5, 0.6) is 0 Å². The van der Waals surface area contributed by atoms with Crippen molar-refractivity contribution in [3.05, 3.63) is 29.8 Å². The maximum Gasteiger partial charge on any atom is 0.449 e. The molecule has 0 aliphatic rings. The fraction of sp³-hybridized carbons (Fsp3) is 0.462. The number of carbonyl (C=O) groups excluding carboxylic acids is 1. The number of thioether (sulfide) groups is 1. The van der Waals surface area contributed by atoms with Crippen LogP contribution >= 0.6 is 11.8 Å². The highest BCUT2D eigenvalue weighted by Crippen LogP contribution is 2.22. The van der Waals surface area contributed by atoms with Crippen molar-refractivity contribution in [2.75, 3.05) is 5.75 Å². The molecule has 0 amide bonds. The number of alkyl halides is 3. The van der Waals surface area contributed by atoms with Gasteiger partial charge in [-0.1, -0.05) is 17.7 Å². The second kappa shape index (κ2) is 6.83. The van der Waals surface area contributed by atoms with Gasteiger partial charge in [-0.3, -0.25) is 4.79 Å². The van der Waals surface area contributed by atoms with Crippen molar-refractivity contribution in [1.29, 1.82) is 0 Å². The third kappa shape index (κ3) is 5.58. The third-order valence-electron chi connectivity index (χ3n) is 2.37. The van der Waals surface area contributed by atoms with Gasteiger partial charge in [0.25, 0.3) is 0 Å². The molecule has 1 aromatic carbocycles. The molecule has 0 radical (unpaired) electrons. The van der Waals surface area contributed by atoms with Crippen molar-refractivity contribution < 1.29 is 18.0 Å². The normalized spacial score (nSPS) is 11.6. The summed E-state index contributed by atoms with van der Waals surface area (Å²) in [6.07, 6.45) is -4.18. The van der Waals surface area contributed by atoms with Gasteiger partial charge in [-0.15, -0.1) is 11.8 Å². The Bertz CT molecular complexity index is 401. The van der Waals surface area contributed by atoms with Crippen LogP contribution in [0.3, 0.4) is 0 Å². The van der Waals surface area contributed by atoms with Crippen molar-refractivity contribution in [2.45, 2.75) is 37.3 Å². The van der Waals surface area contributed by atoms with Crippen LogP contribution in [-0.4, -0.2) is 17.7 Å². The highest BCUT2D eigenvalue weighted by Gasteiger charge is 2.36. The molecule has 18 heavy (non-hydrogen) atoms. The summed E-state index contributed by atoms with van der Waals surface area (Å²) in [5.41, 5.74) is 1.16. The van der Waals surface area contributed by atoms with Gasteiger partial charge in [0, 0.05) is 11.3 Å². The summed E-state index contributed by atoms with van der Waals surface area (Å²) in [5.74, 6) is -0.891. The lowest BCUT2D eigenvalue weighted by atomic mass is 10.2.